The fourth-order valence-corrected chi connectivity index (χ4v) is 1.95. The molecule has 0 spiro atoms. The summed E-state index contributed by atoms with van der Waals surface area (Å²) in [6.07, 6.45) is -5.74. The Bertz CT molecular complexity index is 638. The Hall–Kier alpha value is -1.89. The second kappa shape index (κ2) is 4.59. The number of hydrogen-bond acceptors (Lipinski definition) is 2. The molecule has 2 aromatic rings. The number of hydrogen-bond donors (Lipinski definition) is 2. The topological polar surface area (TPSA) is 46.2 Å². The van der Waals surface area contributed by atoms with Gasteiger partial charge in [0.2, 0.25) is 0 Å². The largest absolute Gasteiger partial charge is 0.507 e. The minimum absolute atomic E-state index is 0.0592. The van der Waals surface area contributed by atoms with Gasteiger partial charge in [-0.05, 0) is 17.0 Å². The fraction of sp³-hybridized carbons (Fsp3) is 0.231. The number of benzene rings is 2. The van der Waals surface area contributed by atoms with E-state index in [0.29, 0.717) is 0 Å². The Kier molecular flexibility index (Phi) is 3.33. The van der Waals surface area contributed by atoms with Crippen LogP contribution in [0.15, 0.2) is 36.4 Å². The highest BCUT2D eigenvalue weighted by Gasteiger charge is 2.61. The van der Waals surface area contributed by atoms with Crippen LogP contribution in [0.4, 0.5) is 22.0 Å². The van der Waals surface area contributed by atoms with Crippen molar-refractivity contribution in [2.45, 2.75) is 18.1 Å². The van der Waals surface area contributed by atoms with Crippen molar-refractivity contribution < 1.29 is 27.1 Å². The number of phenolic OH excluding ortho intramolecular Hbond substituents is 1. The number of nitrogens with two attached hydrogens (primary N) is 1. The number of fused-ring (bicyclic) bond motifs is 1. The van der Waals surface area contributed by atoms with Gasteiger partial charge in [0, 0.05) is 5.39 Å². The van der Waals surface area contributed by atoms with Gasteiger partial charge in [-0.15, -0.1) is 0 Å². The highest BCUT2D eigenvalue weighted by Crippen LogP contribution is 2.45. The van der Waals surface area contributed by atoms with Gasteiger partial charge >= 0.3 is 12.1 Å². The maximum atomic E-state index is 13.3. The van der Waals surface area contributed by atoms with Gasteiger partial charge in [-0.1, -0.05) is 30.3 Å². The van der Waals surface area contributed by atoms with E-state index in [-0.39, 0.29) is 22.1 Å². The molecule has 2 aromatic carbocycles. The number of aromatic hydroxyl groups is 1. The Labute approximate surface area is 110 Å². The van der Waals surface area contributed by atoms with E-state index in [4.69, 9.17) is 5.73 Å². The number of phenols is 1. The molecule has 0 radical (unpaired) electrons. The van der Waals surface area contributed by atoms with Crippen LogP contribution in [-0.2, 0) is 0 Å². The molecule has 0 aliphatic carbocycles. The first-order chi connectivity index (χ1) is 9.16. The van der Waals surface area contributed by atoms with Crippen molar-refractivity contribution in [1.82, 2.24) is 0 Å². The van der Waals surface area contributed by atoms with Crippen LogP contribution in [0.1, 0.15) is 11.6 Å². The van der Waals surface area contributed by atoms with Gasteiger partial charge in [0.05, 0.1) is 0 Å². The lowest BCUT2D eigenvalue weighted by atomic mass is 9.94. The highest BCUT2D eigenvalue weighted by molar-refractivity contribution is 5.91. The Balaban J connectivity index is 2.62. The Morgan fingerprint density at radius 3 is 2.00 bits per heavy atom. The molecule has 0 aliphatic rings. The summed E-state index contributed by atoms with van der Waals surface area (Å²) in [5, 5.41) is 9.81. The molecule has 0 amide bonds. The minimum Gasteiger partial charge on any atom is -0.507 e. The van der Waals surface area contributed by atoms with E-state index in [1.165, 1.54) is 24.3 Å². The molecule has 0 saturated carbocycles. The summed E-state index contributed by atoms with van der Waals surface area (Å²) >= 11 is 0. The lowest BCUT2D eigenvalue weighted by Gasteiger charge is -2.26. The fourth-order valence-electron chi connectivity index (χ4n) is 1.95. The zero-order valence-electron chi connectivity index (χ0n) is 9.96. The summed E-state index contributed by atoms with van der Waals surface area (Å²) < 4.78 is 63.8. The molecule has 1 atom stereocenters. The van der Waals surface area contributed by atoms with Gasteiger partial charge in [0.1, 0.15) is 11.8 Å². The number of rotatable bonds is 2. The van der Waals surface area contributed by atoms with Crippen molar-refractivity contribution in [3.63, 3.8) is 0 Å². The minimum atomic E-state index is -5.74. The third-order valence-corrected chi connectivity index (χ3v) is 3.04. The highest BCUT2D eigenvalue weighted by atomic mass is 19.4. The van der Waals surface area contributed by atoms with Gasteiger partial charge in [-0.3, -0.25) is 0 Å². The molecule has 0 unspecified atom stereocenters. The average molecular weight is 291 g/mol. The van der Waals surface area contributed by atoms with Crippen LogP contribution in [0.25, 0.3) is 10.8 Å². The predicted octanol–water partition coefficient (Wildman–Crippen LogP) is 3.74. The zero-order chi connectivity index (χ0) is 15.1. The lowest BCUT2D eigenvalue weighted by molar-refractivity contribution is -0.290. The van der Waals surface area contributed by atoms with Crippen LogP contribution < -0.4 is 5.73 Å². The van der Waals surface area contributed by atoms with Crippen molar-refractivity contribution in [2.24, 2.45) is 5.73 Å². The molecule has 0 heterocycles. The van der Waals surface area contributed by atoms with Gasteiger partial charge in [-0.25, -0.2) is 0 Å². The zero-order valence-corrected chi connectivity index (χ0v) is 9.96. The molecular weight excluding hydrogens is 281 g/mol. The second-order valence-electron chi connectivity index (χ2n) is 4.32. The lowest BCUT2D eigenvalue weighted by Crippen LogP contribution is -2.45. The van der Waals surface area contributed by atoms with E-state index in [0.717, 1.165) is 12.1 Å². The van der Waals surface area contributed by atoms with Gasteiger partial charge < -0.3 is 10.8 Å². The van der Waals surface area contributed by atoms with Crippen LogP contribution in [0.5, 0.6) is 5.75 Å². The van der Waals surface area contributed by atoms with Crippen LogP contribution in [0.2, 0.25) is 0 Å². The van der Waals surface area contributed by atoms with Crippen molar-refractivity contribution in [3.05, 3.63) is 42.0 Å². The van der Waals surface area contributed by atoms with E-state index in [1.54, 1.807) is 0 Å². The summed E-state index contributed by atoms with van der Waals surface area (Å²) in [7, 11) is 0. The molecule has 108 valence electrons. The molecule has 0 aromatic heterocycles. The van der Waals surface area contributed by atoms with Gasteiger partial charge in [-0.2, -0.15) is 22.0 Å². The van der Waals surface area contributed by atoms with E-state index < -0.39 is 18.1 Å². The molecule has 0 fully saturated rings. The SMILES string of the molecule is N[C@@H](c1ccc(O)c2ccccc12)C(F)(F)C(F)(F)F. The van der Waals surface area contributed by atoms with E-state index in [1.807, 2.05) is 0 Å². The first kappa shape index (κ1) is 14.5. The van der Waals surface area contributed by atoms with E-state index in [9.17, 15) is 27.1 Å². The van der Waals surface area contributed by atoms with E-state index in [2.05, 4.69) is 0 Å². The third kappa shape index (κ3) is 2.18. The first-order valence-corrected chi connectivity index (χ1v) is 5.57. The summed E-state index contributed by atoms with van der Waals surface area (Å²) in [4.78, 5) is 0. The molecule has 2 nitrogen and oxygen atoms in total. The normalized spacial score (nSPS) is 14.5. The molecule has 0 aliphatic heterocycles. The quantitative estimate of drug-likeness (QED) is 0.828. The predicted molar refractivity (Wildman–Crippen MR) is 63.5 cm³/mol. The summed E-state index contributed by atoms with van der Waals surface area (Å²) in [5.41, 5.74) is 4.75. The molecule has 0 saturated heterocycles. The number of alkyl halides is 5. The van der Waals surface area contributed by atoms with Crippen molar-refractivity contribution in [1.29, 1.82) is 0 Å². The standard InChI is InChI=1S/C13H10F5NO/c14-12(15,13(16,17)18)11(19)9-5-6-10(20)8-4-2-1-3-7(8)9/h1-6,11,20H,19H2/t11-/m0/s1. The molecular formula is C13H10F5NO. The van der Waals surface area contributed by atoms with Crippen molar-refractivity contribution in [3.8, 4) is 5.75 Å². The van der Waals surface area contributed by atoms with Crippen molar-refractivity contribution in [2.75, 3.05) is 0 Å². The molecule has 2 rings (SSSR count). The van der Waals surface area contributed by atoms with Crippen molar-refractivity contribution >= 4 is 10.8 Å². The Morgan fingerprint density at radius 2 is 1.45 bits per heavy atom. The molecule has 3 N–H and O–H groups in total. The van der Waals surface area contributed by atoms with Crippen LogP contribution in [0.3, 0.4) is 0 Å². The molecule has 20 heavy (non-hydrogen) atoms. The number of halogens is 5. The maximum Gasteiger partial charge on any atom is 0.455 e. The maximum absolute atomic E-state index is 13.3. The van der Waals surface area contributed by atoms with Crippen LogP contribution in [-0.4, -0.2) is 17.2 Å². The second-order valence-corrected chi connectivity index (χ2v) is 4.32. The Morgan fingerprint density at radius 1 is 0.900 bits per heavy atom. The summed E-state index contributed by atoms with van der Waals surface area (Å²) in [6.45, 7) is 0. The van der Waals surface area contributed by atoms with Gasteiger partial charge in [0.25, 0.3) is 0 Å². The van der Waals surface area contributed by atoms with Crippen LogP contribution >= 0.6 is 0 Å². The first-order valence-electron chi connectivity index (χ1n) is 5.57. The smallest absolute Gasteiger partial charge is 0.455 e. The monoisotopic (exact) mass is 291 g/mol. The molecule has 7 heteroatoms. The summed E-state index contributed by atoms with van der Waals surface area (Å²) in [6, 6.07) is 5.20. The average Bonchev–Trinajstić information content (AvgIpc) is 2.37. The van der Waals surface area contributed by atoms with Gasteiger partial charge in [0.15, 0.2) is 0 Å². The third-order valence-electron chi connectivity index (χ3n) is 3.04. The van der Waals surface area contributed by atoms with E-state index >= 15 is 0 Å². The molecule has 0 bridgehead atoms. The summed E-state index contributed by atoms with van der Waals surface area (Å²) in [5.74, 6) is -5.28. The van der Waals surface area contributed by atoms with Crippen LogP contribution in [0, 0.1) is 0 Å².